The van der Waals surface area contributed by atoms with Gasteiger partial charge >= 0.3 is 0 Å². The first-order valence-electron chi connectivity index (χ1n) is 7.76. The van der Waals surface area contributed by atoms with Crippen molar-refractivity contribution in [2.75, 3.05) is 26.2 Å². The third-order valence-electron chi connectivity index (χ3n) is 4.16. The molecular formula is C15H29N3O2. The van der Waals surface area contributed by atoms with Gasteiger partial charge < -0.3 is 16.0 Å². The van der Waals surface area contributed by atoms with Crippen LogP contribution < -0.4 is 11.1 Å². The Morgan fingerprint density at radius 1 is 1.40 bits per heavy atom. The van der Waals surface area contributed by atoms with Gasteiger partial charge in [0.05, 0.1) is 5.92 Å². The zero-order valence-electron chi connectivity index (χ0n) is 13.0. The number of nitrogens with zero attached hydrogens (tertiary/aromatic N) is 1. The van der Waals surface area contributed by atoms with Crippen LogP contribution >= 0.6 is 0 Å². The van der Waals surface area contributed by atoms with Crippen molar-refractivity contribution in [3.05, 3.63) is 0 Å². The summed E-state index contributed by atoms with van der Waals surface area (Å²) in [5.74, 6) is 0.517. The van der Waals surface area contributed by atoms with Gasteiger partial charge in [0.25, 0.3) is 0 Å². The number of piperidine rings is 1. The second-order valence-corrected chi connectivity index (χ2v) is 6.02. The molecule has 1 saturated heterocycles. The molecule has 1 aliphatic rings. The van der Waals surface area contributed by atoms with Crippen molar-refractivity contribution < 1.29 is 9.59 Å². The Morgan fingerprint density at radius 3 is 2.70 bits per heavy atom. The van der Waals surface area contributed by atoms with Gasteiger partial charge in [-0.05, 0) is 31.7 Å². The molecule has 0 spiro atoms. The Kier molecular flexibility index (Phi) is 6.99. The molecule has 0 saturated carbocycles. The van der Waals surface area contributed by atoms with Crippen LogP contribution in [0.4, 0.5) is 0 Å². The molecule has 0 aromatic heterocycles. The van der Waals surface area contributed by atoms with E-state index in [0.29, 0.717) is 25.6 Å². The number of rotatable bonds is 6. The minimum atomic E-state index is -0.0678. The van der Waals surface area contributed by atoms with Crippen molar-refractivity contribution in [2.24, 2.45) is 23.5 Å². The van der Waals surface area contributed by atoms with E-state index in [2.05, 4.69) is 5.32 Å². The first kappa shape index (κ1) is 17.0. The van der Waals surface area contributed by atoms with E-state index < -0.39 is 0 Å². The van der Waals surface area contributed by atoms with Crippen LogP contribution in [0.3, 0.4) is 0 Å². The van der Waals surface area contributed by atoms with Crippen LogP contribution in [0.2, 0.25) is 0 Å². The van der Waals surface area contributed by atoms with E-state index in [1.807, 2.05) is 25.7 Å². The number of nitrogens with two attached hydrogens (primary N) is 1. The summed E-state index contributed by atoms with van der Waals surface area (Å²) in [6, 6.07) is 0. The second kappa shape index (κ2) is 8.25. The topological polar surface area (TPSA) is 75.4 Å². The molecule has 1 aliphatic heterocycles. The van der Waals surface area contributed by atoms with Gasteiger partial charge in [0, 0.05) is 25.6 Å². The van der Waals surface area contributed by atoms with Crippen LogP contribution in [0.5, 0.6) is 0 Å². The molecule has 0 aliphatic carbocycles. The molecule has 1 rings (SSSR count). The zero-order chi connectivity index (χ0) is 15.1. The van der Waals surface area contributed by atoms with Crippen molar-refractivity contribution in [3.63, 3.8) is 0 Å². The molecule has 0 radical (unpaired) electrons. The lowest BCUT2D eigenvalue weighted by atomic mass is 9.95. The lowest BCUT2D eigenvalue weighted by Gasteiger charge is -2.33. The van der Waals surface area contributed by atoms with Gasteiger partial charge in [0.2, 0.25) is 11.8 Å². The van der Waals surface area contributed by atoms with Gasteiger partial charge in [-0.3, -0.25) is 9.59 Å². The first-order chi connectivity index (χ1) is 9.49. The smallest absolute Gasteiger partial charge is 0.225 e. The standard InChI is InChI=1S/C15H29N3O2/c1-4-12(3)15(20)18-7-5-6-13(10-18)14(19)17-9-11(2)8-16/h11-13H,4-10,16H2,1-3H3,(H,17,19). The lowest BCUT2D eigenvalue weighted by Crippen LogP contribution is -2.47. The van der Waals surface area contributed by atoms with E-state index >= 15 is 0 Å². The highest BCUT2D eigenvalue weighted by molar-refractivity contribution is 5.82. The Hall–Kier alpha value is -1.10. The van der Waals surface area contributed by atoms with Gasteiger partial charge in [-0.25, -0.2) is 0 Å². The summed E-state index contributed by atoms with van der Waals surface area (Å²) in [5, 5.41) is 2.95. The molecule has 1 heterocycles. The van der Waals surface area contributed by atoms with Crippen LogP contribution in [0, 0.1) is 17.8 Å². The highest BCUT2D eigenvalue weighted by Gasteiger charge is 2.29. The van der Waals surface area contributed by atoms with Gasteiger partial charge in [0.15, 0.2) is 0 Å². The molecular weight excluding hydrogens is 254 g/mol. The highest BCUT2D eigenvalue weighted by Crippen LogP contribution is 2.19. The van der Waals surface area contributed by atoms with Crippen LogP contribution in [-0.4, -0.2) is 42.9 Å². The van der Waals surface area contributed by atoms with Crippen LogP contribution in [0.15, 0.2) is 0 Å². The zero-order valence-corrected chi connectivity index (χ0v) is 13.0. The third-order valence-corrected chi connectivity index (χ3v) is 4.16. The average Bonchev–Trinajstić information content (AvgIpc) is 2.50. The van der Waals surface area contributed by atoms with E-state index in [-0.39, 0.29) is 23.7 Å². The second-order valence-electron chi connectivity index (χ2n) is 6.02. The van der Waals surface area contributed by atoms with Gasteiger partial charge in [-0.2, -0.15) is 0 Å². The Balaban J connectivity index is 2.47. The van der Waals surface area contributed by atoms with Gasteiger partial charge in [-0.1, -0.05) is 20.8 Å². The highest BCUT2D eigenvalue weighted by atomic mass is 16.2. The minimum Gasteiger partial charge on any atom is -0.355 e. The van der Waals surface area contributed by atoms with Crippen molar-refractivity contribution in [2.45, 2.75) is 40.0 Å². The Bertz CT molecular complexity index is 333. The van der Waals surface area contributed by atoms with Crippen molar-refractivity contribution in [1.82, 2.24) is 10.2 Å². The monoisotopic (exact) mass is 283 g/mol. The molecule has 3 unspecified atom stereocenters. The maximum Gasteiger partial charge on any atom is 0.225 e. The molecule has 2 amide bonds. The van der Waals surface area contributed by atoms with Crippen molar-refractivity contribution in [3.8, 4) is 0 Å². The summed E-state index contributed by atoms with van der Waals surface area (Å²) in [5.41, 5.74) is 5.54. The summed E-state index contributed by atoms with van der Waals surface area (Å²) < 4.78 is 0. The molecule has 20 heavy (non-hydrogen) atoms. The van der Waals surface area contributed by atoms with E-state index in [4.69, 9.17) is 5.73 Å². The Labute approximate surface area is 122 Å². The summed E-state index contributed by atoms with van der Waals surface area (Å²) in [6.07, 6.45) is 2.63. The number of amides is 2. The van der Waals surface area contributed by atoms with Crippen LogP contribution in [-0.2, 0) is 9.59 Å². The van der Waals surface area contributed by atoms with E-state index in [0.717, 1.165) is 25.8 Å². The molecule has 3 N–H and O–H groups in total. The number of likely N-dealkylation sites (tertiary alicyclic amines) is 1. The average molecular weight is 283 g/mol. The normalized spacial score (nSPS) is 22.2. The molecule has 0 bridgehead atoms. The van der Waals surface area contributed by atoms with Crippen molar-refractivity contribution in [1.29, 1.82) is 0 Å². The van der Waals surface area contributed by atoms with E-state index in [1.54, 1.807) is 0 Å². The minimum absolute atomic E-state index is 0.0501. The fraction of sp³-hybridized carbons (Fsp3) is 0.867. The first-order valence-corrected chi connectivity index (χ1v) is 7.76. The van der Waals surface area contributed by atoms with E-state index in [9.17, 15) is 9.59 Å². The number of carbonyl (C=O) groups excluding carboxylic acids is 2. The fourth-order valence-corrected chi connectivity index (χ4v) is 2.38. The molecule has 1 fully saturated rings. The van der Waals surface area contributed by atoms with Gasteiger partial charge in [-0.15, -0.1) is 0 Å². The summed E-state index contributed by atoms with van der Waals surface area (Å²) in [4.78, 5) is 26.2. The summed E-state index contributed by atoms with van der Waals surface area (Å²) >= 11 is 0. The quantitative estimate of drug-likeness (QED) is 0.763. The number of nitrogens with one attached hydrogen (secondary N) is 1. The SMILES string of the molecule is CCC(C)C(=O)N1CCCC(C(=O)NCC(C)CN)C1. The molecule has 0 aromatic carbocycles. The Morgan fingerprint density at radius 2 is 2.10 bits per heavy atom. The molecule has 3 atom stereocenters. The fourth-order valence-electron chi connectivity index (χ4n) is 2.38. The summed E-state index contributed by atoms with van der Waals surface area (Å²) in [7, 11) is 0. The predicted molar refractivity (Wildman–Crippen MR) is 80.0 cm³/mol. The molecule has 116 valence electrons. The van der Waals surface area contributed by atoms with Crippen LogP contribution in [0.1, 0.15) is 40.0 Å². The van der Waals surface area contributed by atoms with Crippen molar-refractivity contribution >= 4 is 11.8 Å². The van der Waals surface area contributed by atoms with Gasteiger partial charge in [0.1, 0.15) is 0 Å². The number of carbonyl (C=O) groups is 2. The van der Waals surface area contributed by atoms with Crippen LogP contribution in [0.25, 0.3) is 0 Å². The number of hydrogen-bond donors (Lipinski definition) is 2. The lowest BCUT2D eigenvalue weighted by molar-refractivity contribution is -0.138. The molecule has 5 heteroatoms. The third kappa shape index (κ3) is 4.78. The summed E-state index contributed by atoms with van der Waals surface area (Å²) in [6.45, 7) is 8.52. The maximum atomic E-state index is 12.2. The largest absolute Gasteiger partial charge is 0.355 e. The van der Waals surface area contributed by atoms with E-state index in [1.165, 1.54) is 0 Å². The molecule has 5 nitrogen and oxygen atoms in total. The number of hydrogen-bond acceptors (Lipinski definition) is 3. The predicted octanol–water partition coefficient (Wildman–Crippen LogP) is 0.982. The maximum absolute atomic E-state index is 12.2. The molecule has 0 aromatic rings.